The summed E-state index contributed by atoms with van der Waals surface area (Å²) in [6.45, 7) is 3.07. The van der Waals surface area contributed by atoms with Gasteiger partial charge in [0.25, 0.3) is 0 Å². The van der Waals surface area contributed by atoms with E-state index in [9.17, 15) is 0 Å². The van der Waals surface area contributed by atoms with Crippen LogP contribution >= 0.6 is 34.9 Å². The van der Waals surface area contributed by atoms with Crippen LogP contribution in [-0.4, -0.2) is 29.0 Å². The molecule has 1 aliphatic heterocycles. The minimum absolute atomic E-state index is 0.447. The number of hydrogen-bond acceptors (Lipinski definition) is 6. The standard InChI is InChI=1S/C19H19ClN4S2/c20-17-10-16(26-23-19-21-8-9-25-19)6-7-18(17)22-15-12-24(13-15)11-14-4-2-1-3-5-14/h1-10,15,22H,11-13H2,(H,21,23). The number of likely N-dealkylation sites (tertiary alicyclic amines) is 1. The highest BCUT2D eigenvalue weighted by Crippen LogP contribution is 2.30. The first kappa shape index (κ1) is 17.7. The minimum atomic E-state index is 0.447. The average Bonchev–Trinajstić information content (AvgIpc) is 3.14. The molecule has 4 rings (SSSR count). The summed E-state index contributed by atoms with van der Waals surface area (Å²) in [5.74, 6) is 0. The summed E-state index contributed by atoms with van der Waals surface area (Å²) < 4.78 is 3.22. The molecule has 1 aromatic heterocycles. The Bertz CT molecular complexity index is 836. The van der Waals surface area contributed by atoms with Crippen LogP contribution in [0.3, 0.4) is 0 Å². The van der Waals surface area contributed by atoms with Crippen molar-refractivity contribution in [2.24, 2.45) is 0 Å². The first-order valence-electron chi connectivity index (χ1n) is 8.41. The number of nitrogens with one attached hydrogen (secondary N) is 2. The van der Waals surface area contributed by atoms with Crippen LogP contribution in [0.5, 0.6) is 0 Å². The van der Waals surface area contributed by atoms with E-state index in [0.29, 0.717) is 6.04 Å². The van der Waals surface area contributed by atoms with Crippen LogP contribution in [0.15, 0.2) is 65.0 Å². The molecule has 1 saturated heterocycles. The summed E-state index contributed by atoms with van der Waals surface area (Å²) in [6, 6.07) is 17.1. The Morgan fingerprint density at radius 1 is 1.19 bits per heavy atom. The topological polar surface area (TPSA) is 40.2 Å². The lowest BCUT2D eigenvalue weighted by Gasteiger charge is -2.40. The van der Waals surface area contributed by atoms with Crippen molar-refractivity contribution >= 4 is 45.7 Å². The van der Waals surface area contributed by atoms with E-state index in [-0.39, 0.29) is 0 Å². The van der Waals surface area contributed by atoms with E-state index in [1.807, 2.05) is 17.5 Å². The lowest BCUT2D eigenvalue weighted by molar-refractivity contribution is 0.153. The van der Waals surface area contributed by atoms with Gasteiger partial charge in [0.2, 0.25) is 0 Å². The maximum Gasteiger partial charge on any atom is 0.192 e. The Labute approximate surface area is 166 Å². The van der Waals surface area contributed by atoms with Crippen LogP contribution in [0.2, 0.25) is 5.02 Å². The summed E-state index contributed by atoms with van der Waals surface area (Å²) in [5, 5.41) is 7.13. The molecule has 0 saturated carbocycles. The number of aromatic nitrogens is 1. The Morgan fingerprint density at radius 2 is 2.04 bits per heavy atom. The summed E-state index contributed by atoms with van der Waals surface area (Å²) in [7, 11) is 0. The zero-order chi connectivity index (χ0) is 17.8. The molecule has 2 heterocycles. The molecule has 0 atom stereocenters. The molecule has 0 amide bonds. The van der Waals surface area contributed by atoms with E-state index in [4.69, 9.17) is 11.6 Å². The fourth-order valence-corrected chi connectivity index (χ4v) is 4.46. The lowest BCUT2D eigenvalue weighted by atomic mass is 10.1. The molecule has 0 bridgehead atoms. The van der Waals surface area contributed by atoms with Gasteiger partial charge >= 0.3 is 0 Å². The van der Waals surface area contributed by atoms with Crippen LogP contribution in [0.1, 0.15) is 5.56 Å². The molecular formula is C19H19ClN4S2. The Kier molecular flexibility index (Phi) is 5.65. The monoisotopic (exact) mass is 402 g/mol. The second kappa shape index (κ2) is 8.31. The van der Waals surface area contributed by atoms with Gasteiger partial charge in [-0.05, 0) is 35.7 Å². The number of thiazole rings is 1. The predicted octanol–water partition coefficient (Wildman–Crippen LogP) is 5.21. The highest BCUT2D eigenvalue weighted by Gasteiger charge is 2.26. The van der Waals surface area contributed by atoms with Crippen molar-refractivity contribution in [3.8, 4) is 0 Å². The molecule has 4 nitrogen and oxygen atoms in total. The second-order valence-electron chi connectivity index (χ2n) is 6.20. The fraction of sp³-hybridized carbons (Fsp3) is 0.211. The van der Waals surface area contributed by atoms with E-state index in [1.165, 1.54) is 17.5 Å². The van der Waals surface area contributed by atoms with Crippen molar-refractivity contribution in [2.75, 3.05) is 23.1 Å². The van der Waals surface area contributed by atoms with Gasteiger partial charge in [0.15, 0.2) is 5.13 Å². The molecule has 2 aromatic carbocycles. The van der Waals surface area contributed by atoms with Crippen LogP contribution < -0.4 is 10.0 Å². The first-order chi connectivity index (χ1) is 12.8. The third-order valence-corrected chi connectivity index (χ3v) is 6.11. The van der Waals surface area contributed by atoms with E-state index < -0.39 is 0 Å². The van der Waals surface area contributed by atoms with E-state index in [2.05, 4.69) is 56.3 Å². The van der Waals surface area contributed by atoms with Crippen molar-refractivity contribution in [3.63, 3.8) is 0 Å². The number of rotatable bonds is 7. The smallest absolute Gasteiger partial charge is 0.192 e. The molecule has 26 heavy (non-hydrogen) atoms. The van der Waals surface area contributed by atoms with E-state index in [1.54, 1.807) is 17.5 Å². The lowest BCUT2D eigenvalue weighted by Crippen LogP contribution is -2.54. The van der Waals surface area contributed by atoms with Gasteiger partial charge in [0.1, 0.15) is 0 Å². The summed E-state index contributed by atoms with van der Waals surface area (Å²) >= 11 is 9.55. The largest absolute Gasteiger partial charge is 0.379 e. The third-order valence-electron chi connectivity index (χ3n) is 4.19. The Balaban J connectivity index is 1.26. The van der Waals surface area contributed by atoms with Crippen LogP contribution in [0.4, 0.5) is 10.8 Å². The van der Waals surface area contributed by atoms with Crippen LogP contribution in [0.25, 0.3) is 0 Å². The summed E-state index contributed by atoms with van der Waals surface area (Å²) in [4.78, 5) is 7.70. The van der Waals surface area contributed by atoms with Gasteiger partial charge < -0.3 is 10.0 Å². The van der Waals surface area contributed by atoms with Crippen molar-refractivity contribution < 1.29 is 0 Å². The highest BCUT2D eigenvalue weighted by molar-refractivity contribution is 8.00. The average molecular weight is 403 g/mol. The van der Waals surface area contributed by atoms with Crippen molar-refractivity contribution in [1.29, 1.82) is 0 Å². The number of nitrogens with zero attached hydrogens (tertiary/aromatic N) is 2. The molecule has 1 fully saturated rings. The van der Waals surface area contributed by atoms with E-state index in [0.717, 1.165) is 40.4 Å². The molecule has 3 aromatic rings. The number of anilines is 2. The van der Waals surface area contributed by atoms with Gasteiger partial charge in [-0.15, -0.1) is 11.3 Å². The van der Waals surface area contributed by atoms with Gasteiger partial charge in [-0.25, -0.2) is 4.98 Å². The third kappa shape index (κ3) is 4.51. The molecule has 7 heteroatoms. The zero-order valence-electron chi connectivity index (χ0n) is 14.1. The number of hydrogen-bond donors (Lipinski definition) is 2. The Morgan fingerprint density at radius 3 is 2.77 bits per heavy atom. The minimum Gasteiger partial charge on any atom is -0.379 e. The van der Waals surface area contributed by atoms with Gasteiger partial charge in [-0.3, -0.25) is 4.90 Å². The van der Waals surface area contributed by atoms with Crippen molar-refractivity contribution in [1.82, 2.24) is 9.88 Å². The maximum atomic E-state index is 6.45. The molecular weight excluding hydrogens is 384 g/mol. The van der Waals surface area contributed by atoms with Gasteiger partial charge in [0.05, 0.1) is 16.8 Å². The van der Waals surface area contributed by atoms with Crippen LogP contribution in [0, 0.1) is 0 Å². The fourth-order valence-electron chi connectivity index (χ4n) is 2.90. The van der Waals surface area contributed by atoms with Gasteiger partial charge in [-0.2, -0.15) is 0 Å². The van der Waals surface area contributed by atoms with E-state index >= 15 is 0 Å². The summed E-state index contributed by atoms with van der Waals surface area (Å²) in [5.41, 5.74) is 2.35. The number of halogens is 1. The maximum absolute atomic E-state index is 6.45. The normalized spacial score (nSPS) is 14.8. The molecule has 0 radical (unpaired) electrons. The van der Waals surface area contributed by atoms with Gasteiger partial charge in [-0.1, -0.05) is 41.9 Å². The number of benzene rings is 2. The molecule has 0 spiro atoms. The molecule has 0 unspecified atom stereocenters. The molecule has 1 aliphatic rings. The van der Waals surface area contributed by atoms with Crippen LogP contribution in [-0.2, 0) is 6.54 Å². The zero-order valence-corrected chi connectivity index (χ0v) is 16.4. The second-order valence-corrected chi connectivity index (χ2v) is 8.39. The summed E-state index contributed by atoms with van der Waals surface area (Å²) in [6.07, 6.45) is 1.78. The SMILES string of the molecule is Clc1cc(SNc2nccs2)ccc1NC1CN(Cc2ccccc2)C1. The van der Waals surface area contributed by atoms with Gasteiger partial charge in [0, 0.05) is 36.1 Å². The Hall–Kier alpha value is -1.73. The van der Waals surface area contributed by atoms with Crippen molar-refractivity contribution in [3.05, 3.63) is 70.7 Å². The quantitative estimate of drug-likeness (QED) is 0.531. The highest BCUT2D eigenvalue weighted by atomic mass is 35.5. The molecule has 2 N–H and O–H groups in total. The molecule has 134 valence electrons. The first-order valence-corrected chi connectivity index (χ1v) is 10.5. The predicted molar refractivity (Wildman–Crippen MR) is 112 cm³/mol. The van der Waals surface area contributed by atoms with Crippen molar-refractivity contribution in [2.45, 2.75) is 17.5 Å². The molecule has 0 aliphatic carbocycles.